The molecule has 0 spiro atoms. The van der Waals surface area contributed by atoms with Gasteiger partial charge < -0.3 is 19.7 Å². The van der Waals surface area contributed by atoms with Crippen molar-refractivity contribution in [3.8, 4) is 0 Å². The molecule has 1 N–H and O–H groups in total. The largest absolute Gasteiger partial charge is 0.350 e. The van der Waals surface area contributed by atoms with Gasteiger partial charge in [0.15, 0.2) is 0 Å². The van der Waals surface area contributed by atoms with Gasteiger partial charge in [-0.1, -0.05) is 30.3 Å². The van der Waals surface area contributed by atoms with Crippen molar-refractivity contribution >= 4 is 11.8 Å². The fraction of sp³-hybridized carbons (Fsp3) is 0.480. The van der Waals surface area contributed by atoms with Gasteiger partial charge in [0.05, 0.1) is 5.56 Å². The van der Waals surface area contributed by atoms with E-state index >= 15 is 0 Å². The van der Waals surface area contributed by atoms with Crippen LogP contribution in [0.25, 0.3) is 0 Å². The van der Waals surface area contributed by atoms with E-state index in [-0.39, 0.29) is 30.0 Å². The summed E-state index contributed by atoms with van der Waals surface area (Å²) in [5, 5.41) is 2.83. The van der Waals surface area contributed by atoms with Crippen LogP contribution >= 0.6 is 0 Å². The molecule has 0 unspecified atom stereocenters. The number of piperidine rings is 1. The minimum absolute atomic E-state index is 0.0488. The first kappa shape index (κ1) is 22.3. The Morgan fingerprint density at radius 2 is 1.69 bits per heavy atom. The Morgan fingerprint density at radius 3 is 2.47 bits per heavy atom. The molecule has 32 heavy (non-hydrogen) atoms. The second kappa shape index (κ2) is 10.6. The molecule has 0 bridgehead atoms. The van der Waals surface area contributed by atoms with E-state index < -0.39 is 0 Å². The topological polar surface area (TPSA) is 74.7 Å². The van der Waals surface area contributed by atoms with Gasteiger partial charge in [-0.05, 0) is 56.8 Å². The average molecular weight is 437 g/mol. The van der Waals surface area contributed by atoms with Crippen LogP contribution in [-0.4, -0.2) is 58.4 Å². The predicted molar refractivity (Wildman–Crippen MR) is 123 cm³/mol. The molecule has 0 saturated carbocycles. The van der Waals surface area contributed by atoms with Gasteiger partial charge in [-0.3, -0.25) is 14.4 Å². The average Bonchev–Trinajstić information content (AvgIpc) is 3.33. The van der Waals surface area contributed by atoms with E-state index in [0.717, 1.165) is 51.0 Å². The second-order valence-corrected chi connectivity index (χ2v) is 8.80. The number of likely N-dealkylation sites (tertiary alicyclic amines) is 2. The number of nitrogens with one attached hydrogen (secondary N) is 1. The molecule has 170 valence electrons. The fourth-order valence-corrected chi connectivity index (χ4v) is 4.68. The van der Waals surface area contributed by atoms with Crippen molar-refractivity contribution < 1.29 is 9.59 Å². The van der Waals surface area contributed by atoms with E-state index in [9.17, 15) is 14.4 Å². The van der Waals surface area contributed by atoms with Crippen molar-refractivity contribution in [3.05, 3.63) is 70.1 Å². The minimum Gasteiger partial charge on any atom is -0.350 e. The third-order valence-electron chi connectivity index (χ3n) is 6.43. The zero-order chi connectivity index (χ0) is 22.3. The van der Waals surface area contributed by atoms with Crippen LogP contribution in [0.2, 0.25) is 0 Å². The number of carbonyl (C=O) groups excluding carboxylic acids is 2. The van der Waals surface area contributed by atoms with Crippen molar-refractivity contribution in [1.29, 1.82) is 0 Å². The first-order chi connectivity index (χ1) is 15.6. The first-order valence-corrected chi connectivity index (χ1v) is 11.6. The molecule has 4 rings (SSSR count). The molecule has 7 nitrogen and oxygen atoms in total. The maximum Gasteiger partial charge on any atom is 0.255 e. The number of carbonyl (C=O) groups is 2. The van der Waals surface area contributed by atoms with Crippen LogP contribution in [0.3, 0.4) is 0 Å². The van der Waals surface area contributed by atoms with Crippen molar-refractivity contribution in [3.63, 3.8) is 0 Å². The highest BCUT2D eigenvalue weighted by Crippen LogP contribution is 2.22. The van der Waals surface area contributed by atoms with E-state index in [2.05, 4.69) is 10.2 Å². The number of nitrogens with zero attached hydrogens (tertiary/aromatic N) is 3. The Kier molecular flexibility index (Phi) is 7.37. The molecule has 1 aromatic heterocycles. The number of rotatable bonds is 7. The molecule has 1 atom stereocenters. The van der Waals surface area contributed by atoms with E-state index in [1.807, 2.05) is 35.2 Å². The minimum atomic E-state index is -0.288. The molecular formula is C25H32N4O3. The van der Waals surface area contributed by atoms with Crippen molar-refractivity contribution in [2.24, 2.45) is 0 Å². The molecular weight excluding hydrogens is 404 g/mol. The van der Waals surface area contributed by atoms with Crippen molar-refractivity contribution in [2.75, 3.05) is 26.2 Å². The maximum atomic E-state index is 13.3. The van der Waals surface area contributed by atoms with Crippen molar-refractivity contribution in [1.82, 2.24) is 19.7 Å². The Bertz CT molecular complexity index is 982. The van der Waals surface area contributed by atoms with Gasteiger partial charge in [0.1, 0.15) is 6.54 Å². The van der Waals surface area contributed by atoms with Crippen LogP contribution in [0.4, 0.5) is 0 Å². The van der Waals surface area contributed by atoms with E-state index in [0.29, 0.717) is 12.1 Å². The monoisotopic (exact) mass is 436 g/mol. The number of hydrogen-bond donors (Lipinski definition) is 1. The quantitative estimate of drug-likeness (QED) is 0.723. The molecule has 2 amide bonds. The van der Waals surface area contributed by atoms with E-state index in [4.69, 9.17) is 0 Å². The summed E-state index contributed by atoms with van der Waals surface area (Å²) in [4.78, 5) is 42.5. The molecule has 1 aromatic carbocycles. The second-order valence-electron chi connectivity index (χ2n) is 8.80. The highest BCUT2D eigenvalue weighted by molar-refractivity contribution is 5.94. The lowest BCUT2D eigenvalue weighted by atomic mass is 10.0. The highest BCUT2D eigenvalue weighted by atomic mass is 16.2. The van der Waals surface area contributed by atoms with Gasteiger partial charge >= 0.3 is 0 Å². The smallest absolute Gasteiger partial charge is 0.255 e. The number of amides is 2. The van der Waals surface area contributed by atoms with Gasteiger partial charge in [-0.2, -0.15) is 0 Å². The van der Waals surface area contributed by atoms with Crippen molar-refractivity contribution in [2.45, 2.75) is 51.2 Å². The summed E-state index contributed by atoms with van der Waals surface area (Å²) in [5.74, 6) is -0.308. The Morgan fingerprint density at radius 1 is 0.938 bits per heavy atom. The predicted octanol–water partition coefficient (Wildman–Crippen LogP) is 2.26. The Hall–Kier alpha value is -2.93. The molecule has 7 heteroatoms. The van der Waals surface area contributed by atoms with Crippen LogP contribution in [0.5, 0.6) is 0 Å². The first-order valence-electron chi connectivity index (χ1n) is 11.6. The highest BCUT2D eigenvalue weighted by Gasteiger charge is 2.30. The summed E-state index contributed by atoms with van der Waals surface area (Å²) in [6.07, 6.45) is 7.17. The van der Waals surface area contributed by atoms with Gasteiger partial charge in [0, 0.05) is 37.9 Å². The number of benzene rings is 1. The number of hydrogen-bond acceptors (Lipinski definition) is 4. The molecule has 0 aliphatic carbocycles. The molecule has 2 aromatic rings. The SMILES string of the molecule is O=C(Cn1cc(C(=O)N2CCCC[C@H]2CN2CCCC2)ccc1=O)NCc1ccccc1. The lowest BCUT2D eigenvalue weighted by molar-refractivity contribution is -0.121. The van der Waals surface area contributed by atoms with Crippen LogP contribution in [-0.2, 0) is 17.9 Å². The molecule has 2 fully saturated rings. The molecule has 2 aliphatic rings. The normalized spacial score (nSPS) is 19.1. The Balaban J connectivity index is 1.41. The molecule has 2 aliphatic heterocycles. The lowest BCUT2D eigenvalue weighted by Gasteiger charge is -2.38. The maximum absolute atomic E-state index is 13.3. The summed E-state index contributed by atoms with van der Waals surface area (Å²) in [5.41, 5.74) is 1.17. The van der Waals surface area contributed by atoms with Gasteiger partial charge in [-0.15, -0.1) is 0 Å². The summed E-state index contributed by atoms with van der Waals surface area (Å²) in [6.45, 7) is 4.19. The summed E-state index contributed by atoms with van der Waals surface area (Å²) in [6, 6.07) is 12.8. The van der Waals surface area contributed by atoms with Crippen LogP contribution in [0.15, 0.2) is 53.5 Å². The van der Waals surface area contributed by atoms with Gasteiger partial charge in [-0.25, -0.2) is 0 Å². The van der Waals surface area contributed by atoms with E-state index in [1.54, 1.807) is 6.07 Å². The third kappa shape index (κ3) is 5.65. The fourth-order valence-electron chi connectivity index (χ4n) is 4.68. The molecule has 3 heterocycles. The number of aromatic nitrogens is 1. The zero-order valence-corrected chi connectivity index (χ0v) is 18.5. The summed E-state index contributed by atoms with van der Waals surface area (Å²) < 4.78 is 1.33. The Labute approximate surface area is 189 Å². The van der Waals surface area contributed by atoms with Gasteiger partial charge in [0.25, 0.3) is 11.5 Å². The van der Waals surface area contributed by atoms with E-state index in [1.165, 1.54) is 29.7 Å². The number of pyridine rings is 1. The summed E-state index contributed by atoms with van der Waals surface area (Å²) >= 11 is 0. The van der Waals surface area contributed by atoms with Crippen LogP contribution in [0, 0.1) is 0 Å². The van der Waals surface area contributed by atoms with Crippen LogP contribution in [0.1, 0.15) is 48.0 Å². The third-order valence-corrected chi connectivity index (χ3v) is 6.43. The van der Waals surface area contributed by atoms with Crippen LogP contribution < -0.4 is 10.9 Å². The van der Waals surface area contributed by atoms with Gasteiger partial charge in [0.2, 0.25) is 5.91 Å². The standard InChI is InChI=1S/C25H32N4O3/c30-23(26-16-20-8-2-1-3-9-20)19-28-17-21(11-12-24(28)31)25(32)29-15-5-4-10-22(29)18-27-13-6-7-14-27/h1-3,8-9,11-12,17,22H,4-7,10,13-16,18-19H2,(H,26,30)/t22-/m0/s1. The summed E-state index contributed by atoms with van der Waals surface area (Å²) in [7, 11) is 0. The molecule has 2 saturated heterocycles. The molecule has 0 radical (unpaired) electrons. The zero-order valence-electron chi connectivity index (χ0n) is 18.5. The lowest BCUT2D eigenvalue weighted by Crippen LogP contribution is -2.49.